The maximum atomic E-state index is 12.0. The number of fused-ring (bicyclic) bond motifs is 1. The predicted octanol–water partition coefficient (Wildman–Crippen LogP) is 4.84. The van der Waals surface area contributed by atoms with Crippen molar-refractivity contribution in [3.8, 4) is 22.5 Å². The number of nitrogens with zero attached hydrogens (tertiary/aromatic N) is 4. The van der Waals surface area contributed by atoms with Crippen molar-refractivity contribution in [3.05, 3.63) is 72.3 Å². The van der Waals surface area contributed by atoms with Crippen molar-refractivity contribution in [2.24, 2.45) is 7.05 Å². The Bertz CT molecular complexity index is 1480. The topological polar surface area (TPSA) is 58.4 Å². The third-order valence-electron chi connectivity index (χ3n) is 7.38. The fourth-order valence-corrected chi connectivity index (χ4v) is 5.81. The summed E-state index contributed by atoms with van der Waals surface area (Å²) < 4.78 is 26.1. The highest BCUT2D eigenvalue weighted by atomic mass is 32.2. The first-order valence-electron chi connectivity index (χ1n) is 12.4. The first-order valence-corrected chi connectivity index (χ1v) is 14.3. The number of hydrogen-bond acceptors (Lipinski definition) is 5. The van der Waals surface area contributed by atoms with Gasteiger partial charge in [-0.05, 0) is 81.0 Å². The van der Waals surface area contributed by atoms with Crippen molar-refractivity contribution < 1.29 is 8.42 Å². The minimum Gasteiger partial charge on any atom is -0.327 e. The number of sulfone groups is 1. The van der Waals surface area contributed by atoms with Crippen molar-refractivity contribution in [3.63, 3.8) is 0 Å². The molecule has 0 N–H and O–H groups in total. The Hall–Kier alpha value is -3.00. The first kappa shape index (κ1) is 24.7. The summed E-state index contributed by atoms with van der Waals surface area (Å²) in [7, 11) is 3.06. The molecule has 5 rings (SSSR count). The molecule has 1 aliphatic heterocycles. The average Bonchev–Trinajstić information content (AvgIpc) is 3.20. The second-order valence-electron chi connectivity index (χ2n) is 10.2. The minimum atomic E-state index is -3.28. The van der Waals surface area contributed by atoms with Crippen LogP contribution in [0.25, 0.3) is 33.5 Å². The quantitative estimate of drug-likeness (QED) is 0.378. The third-order valence-corrected chi connectivity index (χ3v) is 8.49. The summed E-state index contributed by atoms with van der Waals surface area (Å²) in [5.41, 5.74) is 6.35. The van der Waals surface area contributed by atoms with Crippen molar-refractivity contribution >= 4 is 20.9 Å². The molecule has 0 bridgehead atoms. The van der Waals surface area contributed by atoms with Gasteiger partial charge in [0, 0.05) is 31.5 Å². The highest BCUT2D eigenvalue weighted by Gasteiger charge is 2.20. The smallest absolute Gasteiger partial charge is 0.175 e. The van der Waals surface area contributed by atoms with Crippen LogP contribution in [0.3, 0.4) is 0 Å². The molecule has 7 heteroatoms. The molecule has 4 aromatic rings. The van der Waals surface area contributed by atoms with E-state index in [0.29, 0.717) is 10.9 Å². The second kappa shape index (κ2) is 9.81. The van der Waals surface area contributed by atoms with Crippen molar-refractivity contribution in [2.45, 2.75) is 30.3 Å². The van der Waals surface area contributed by atoms with Gasteiger partial charge in [-0.25, -0.2) is 13.4 Å². The maximum Gasteiger partial charge on any atom is 0.175 e. The molecule has 0 amide bonds. The number of benzene rings is 3. The van der Waals surface area contributed by atoms with Gasteiger partial charge in [0.15, 0.2) is 9.84 Å². The van der Waals surface area contributed by atoms with E-state index in [4.69, 9.17) is 4.98 Å². The summed E-state index contributed by atoms with van der Waals surface area (Å²) in [4.78, 5) is 10.00. The van der Waals surface area contributed by atoms with Gasteiger partial charge in [0.1, 0.15) is 5.82 Å². The molecule has 0 saturated carbocycles. The maximum absolute atomic E-state index is 12.0. The summed E-state index contributed by atoms with van der Waals surface area (Å²) in [5.74, 6) is 0.751. The lowest BCUT2D eigenvalue weighted by Gasteiger charge is -2.35. The first-order chi connectivity index (χ1) is 17.2. The molecular weight excluding hydrogens is 468 g/mol. The van der Waals surface area contributed by atoms with Gasteiger partial charge < -0.3 is 9.47 Å². The molecule has 3 aromatic carbocycles. The zero-order valence-electron chi connectivity index (χ0n) is 21.5. The molecule has 0 radical (unpaired) electrons. The lowest BCUT2D eigenvalue weighted by molar-refractivity contribution is 0.140. The molecule has 1 fully saturated rings. The van der Waals surface area contributed by atoms with Crippen molar-refractivity contribution in [2.75, 3.05) is 33.4 Å². The monoisotopic (exact) mass is 502 g/mol. The SMILES string of the molecule is CN(C)C1CCN(Cc2ccc(-c3ccc4nc(-c5cccc(S(C)(=O)=O)c5)n(C)c4c3)cc2)CC1. The van der Waals surface area contributed by atoms with Crippen LogP contribution in [0, 0.1) is 0 Å². The van der Waals surface area contributed by atoms with Gasteiger partial charge in [0.25, 0.3) is 0 Å². The fraction of sp³-hybridized carbons (Fsp3) is 0.345. The van der Waals surface area contributed by atoms with Crippen LogP contribution in [-0.4, -0.2) is 67.3 Å². The highest BCUT2D eigenvalue weighted by Crippen LogP contribution is 2.29. The lowest BCUT2D eigenvalue weighted by atomic mass is 10.0. The molecule has 0 spiro atoms. The molecule has 188 valence electrons. The molecule has 0 aliphatic carbocycles. The van der Waals surface area contributed by atoms with E-state index in [1.54, 1.807) is 18.2 Å². The predicted molar refractivity (Wildman–Crippen MR) is 147 cm³/mol. The van der Waals surface area contributed by atoms with Gasteiger partial charge in [0.05, 0.1) is 15.9 Å². The van der Waals surface area contributed by atoms with Crippen LogP contribution in [0.4, 0.5) is 0 Å². The number of aromatic nitrogens is 2. The lowest BCUT2D eigenvalue weighted by Crippen LogP contribution is -2.41. The molecule has 36 heavy (non-hydrogen) atoms. The second-order valence-corrected chi connectivity index (χ2v) is 12.2. The number of likely N-dealkylation sites (tertiary alicyclic amines) is 1. The third kappa shape index (κ3) is 5.09. The molecule has 6 nitrogen and oxygen atoms in total. The standard InChI is InChI=1S/C29H34N4O2S/c1-31(2)25-14-16-33(17-15-25)20-21-8-10-22(11-9-21)23-12-13-27-28(19-23)32(3)29(30-27)24-6-5-7-26(18-24)36(4,34)35/h5-13,18-19,25H,14-17,20H2,1-4H3. The minimum absolute atomic E-state index is 0.301. The molecule has 0 unspecified atom stereocenters. The molecule has 1 aliphatic rings. The average molecular weight is 503 g/mol. The molecule has 1 saturated heterocycles. The van der Waals surface area contributed by atoms with Gasteiger partial charge in [-0.3, -0.25) is 4.90 Å². The van der Waals surface area contributed by atoms with E-state index < -0.39 is 9.84 Å². The van der Waals surface area contributed by atoms with E-state index in [1.807, 2.05) is 23.7 Å². The molecular formula is C29H34N4O2S. The largest absolute Gasteiger partial charge is 0.327 e. The Morgan fingerprint density at radius 2 is 1.61 bits per heavy atom. The van der Waals surface area contributed by atoms with Crippen molar-refractivity contribution in [1.82, 2.24) is 19.4 Å². The van der Waals surface area contributed by atoms with Crippen LogP contribution in [0.2, 0.25) is 0 Å². The number of imidazole rings is 1. The van der Waals surface area contributed by atoms with Gasteiger partial charge in [-0.2, -0.15) is 0 Å². The number of rotatable bonds is 6. The van der Waals surface area contributed by atoms with Gasteiger partial charge >= 0.3 is 0 Å². The van der Waals surface area contributed by atoms with Crippen LogP contribution in [0.15, 0.2) is 71.6 Å². The molecule has 1 aromatic heterocycles. The number of aryl methyl sites for hydroxylation is 1. The van der Waals surface area contributed by atoms with Crippen LogP contribution in [0.5, 0.6) is 0 Å². The zero-order chi connectivity index (χ0) is 25.4. The van der Waals surface area contributed by atoms with Crippen molar-refractivity contribution in [1.29, 1.82) is 0 Å². The van der Waals surface area contributed by atoms with E-state index in [0.717, 1.165) is 47.6 Å². The summed E-state index contributed by atoms with van der Waals surface area (Å²) in [5, 5.41) is 0. The Kier molecular flexibility index (Phi) is 6.72. The normalized spacial score (nSPS) is 15.7. The highest BCUT2D eigenvalue weighted by molar-refractivity contribution is 7.90. The van der Waals surface area contributed by atoms with E-state index >= 15 is 0 Å². The molecule has 2 heterocycles. The van der Waals surface area contributed by atoms with E-state index in [2.05, 4.69) is 60.3 Å². The number of piperidine rings is 1. The van der Waals surface area contributed by atoms with Gasteiger partial charge in [0.2, 0.25) is 0 Å². The van der Waals surface area contributed by atoms with Gasteiger partial charge in [-0.15, -0.1) is 0 Å². The van der Waals surface area contributed by atoms with Gasteiger partial charge in [-0.1, -0.05) is 42.5 Å². The van der Waals surface area contributed by atoms with Crippen LogP contribution in [0.1, 0.15) is 18.4 Å². The Labute approximate surface area is 214 Å². The summed E-state index contributed by atoms with van der Waals surface area (Å²) in [6.07, 6.45) is 3.69. The van der Waals surface area contributed by atoms with Crippen LogP contribution < -0.4 is 0 Å². The summed E-state index contributed by atoms with van der Waals surface area (Å²) >= 11 is 0. The molecule has 0 atom stereocenters. The van der Waals surface area contributed by atoms with E-state index in [-0.39, 0.29) is 0 Å². The van der Waals surface area contributed by atoms with E-state index in [9.17, 15) is 8.42 Å². The van der Waals surface area contributed by atoms with Crippen LogP contribution in [-0.2, 0) is 23.4 Å². The Morgan fingerprint density at radius 1 is 0.917 bits per heavy atom. The van der Waals surface area contributed by atoms with Crippen LogP contribution >= 0.6 is 0 Å². The summed E-state index contributed by atoms with van der Waals surface area (Å²) in [6.45, 7) is 3.30. The summed E-state index contributed by atoms with van der Waals surface area (Å²) in [6, 6.07) is 22.9. The number of hydrogen-bond donors (Lipinski definition) is 0. The zero-order valence-corrected chi connectivity index (χ0v) is 22.3. The van der Waals surface area contributed by atoms with E-state index in [1.165, 1.54) is 30.2 Å². The Balaban J connectivity index is 1.36. The fourth-order valence-electron chi connectivity index (χ4n) is 5.15. The Morgan fingerprint density at radius 3 is 2.28 bits per heavy atom.